The van der Waals surface area contributed by atoms with Crippen LogP contribution in [-0.4, -0.2) is 33.6 Å². The van der Waals surface area contributed by atoms with Crippen molar-refractivity contribution in [3.8, 4) is 0 Å². The topological polar surface area (TPSA) is 50.1 Å². The lowest BCUT2D eigenvalue weighted by Gasteiger charge is -2.36. The summed E-state index contributed by atoms with van der Waals surface area (Å²) in [4.78, 5) is 0. The number of hydrogen-bond donors (Lipinski definition) is 2. The Morgan fingerprint density at radius 1 is 1.50 bits per heavy atom. The monoisotopic (exact) mass is 271 g/mol. The van der Waals surface area contributed by atoms with Gasteiger partial charge in [0.05, 0.1) is 22.0 Å². The molecule has 1 fully saturated rings. The van der Waals surface area contributed by atoms with Crippen molar-refractivity contribution in [1.82, 2.24) is 15.1 Å². The summed E-state index contributed by atoms with van der Waals surface area (Å²) in [6.07, 6.45) is 4.26. The Labute approximate surface area is 113 Å². The predicted octanol–water partition coefficient (Wildman–Crippen LogP) is 1.82. The van der Waals surface area contributed by atoms with E-state index in [1.165, 1.54) is 0 Å². The Morgan fingerprint density at radius 2 is 2.11 bits per heavy atom. The van der Waals surface area contributed by atoms with Crippen molar-refractivity contribution in [2.24, 2.45) is 7.05 Å². The van der Waals surface area contributed by atoms with Crippen LogP contribution in [0.1, 0.15) is 37.1 Å². The predicted molar refractivity (Wildman–Crippen MR) is 72.9 cm³/mol. The third-order valence-electron chi connectivity index (χ3n) is 4.08. The highest BCUT2D eigenvalue weighted by atomic mass is 35.5. The molecule has 1 aromatic rings. The Morgan fingerprint density at radius 3 is 2.56 bits per heavy atom. The molecule has 0 saturated heterocycles. The summed E-state index contributed by atoms with van der Waals surface area (Å²) in [7, 11) is 3.87. The van der Waals surface area contributed by atoms with Gasteiger partial charge in [-0.05, 0) is 39.7 Å². The maximum atomic E-state index is 10.7. The molecule has 2 rings (SSSR count). The van der Waals surface area contributed by atoms with Crippen molar-refractivity contribution in [2.75, 3.05) is 7.05 Å². The molecule has 102 valence electrons. The zero-order valence-corrected chi connectivity index (χ0v) is 12.1. The van der Waals surface area contributed by atoms with Crippen LogP contribution in [0.4, 0.5) is 0 Å². The Balaban J connectivity index is 2.09. The Hall–Kier alpha value is -0.580. The van der Waals surface area contributed by atoms with Gasteiger partial charge in [-0.25, -0.2) is 0 Å². The maximum Gasteiger partial charge on any atom is 0.0848 e. The number of nitrogens with zero attached hydrogens (tertiary/aromatic N) is 2. The molecule has 18 heavy (non-hydrogen) atoms. The number of hydrogen-bond acceptors (Lipinski definition) is 3. The lowest BCUT2D eigenvalue weighted by molar-refractivity contribution is -0.00389. The van der Waals surface area contributed by atoms with Crippen LogP contribution < -0.4 is 5.32 Å². The second-order valence-electron chi connectivity index (χ2n) is 5.43. The van der Waals surface area contributed by atoms with Gasteiger partial charge in [-0.15, -0.1) is 0 Å². The van der Waals surface area contributed by atoms with E-state index in [4.69, 9.17) is 11.6 Å². The summed E-state index contributed by atoms with van der Waals surface area (Å²) < 4.78 is 1.79. The molecular formula is C13H22ClN3O. The number of aromatic nitrogens is 2. The van der Waals surface area contributed by atoms with E-state index in [2.05, 4.69) is 10.4 Å². The first-order valence-corrected chi connectivity index (χ1v) is 6.90. The van der Waals surface area contributed by atoms with E-state index >= 15 is 0 Å². The van der Waals surface area contributed by atoms with Crippen LogP contribution in [0.2, 0.25) is 5.02 Å². The van der Waals surface area contributed by atoms with Gasteiger partial charge >= 0.3 is 0 Å². The molecule has 0 amide bonds. The van der Waals surface area contributed by atoms with Gasteiger partial charge in [0.15, 0.2) is 0 Å². The van der Waals surface area contributed by atoms with Gasteiger partial charge < -0.3 is 10.4 Å². The smallest absolute Gasteiger partial charge is 0.0848 e. The van der Waals surface area contributed by atoms with E-state index in [9.17, 15) is 5.11 Å². The van der Waals surface area contributed by atoms with Crippen molar-refractivity contribution in [3.05, 3.63) is 16.4 Å². The minimum absolute atomic E-state index is 0.536. The Bertz CT molecular complexity index is 422. The average molecular weight is 272 g/mol. The maximum absolute atomic E-state index is 10.7. The van der Waals surface area contributed by atoms with Crippen LogP contribution in [0.3, 0.4) is 0 Å². The van der Waals surface area contributed by atoms with E-state index in [0.29, 0.717) is 17.5 Å². The molecule has 2 N–H and O–H groups in total. The highest BCUT2D eigenvalue weighted by molar-refractivity contribution is 6.31. The summed E-state index contributed by atoms with van der Waals surface area (Å²) >= 11 is 6.24. The van der Waals surface area contributed by atoms with Gasteiger partial charge in [-0.3, -0.25) is 4.68 Å². The minimum atomic E-state index is -0.628. The normalized spacial score (nSPS) is 28.6. The van der Waals surface area contributed by atoms with Crippen molar-refractivity contribution in [2.45, 2.75) is 50.7 Å². The molecule has 0 bridgehead atoms. The zero-order valence-electron chi connectivity index (χ0n) is 11.3. The quantitative estimate of drug-likeness (QED) is 0.882. The van der Waals surface area contributed by atoms with Crippen LogP contribution >= 0.6 is 11.6 Å². The fraction of sp³-hybridized carbons (Fsp3) is 0.769. The first-order valence-electron chi connectivity index (χ1n) is 6.53. The van der Waals surface area contributed by atoms with Crippen LogP contribution in [0.25, 0.3) is 0 Å². The van der Waals surface area contributed by atoms with Crippen LogP contribution in [0.15, 0.2) is 0 Å². The molecule has 0 spiro atoms. The van der Waals surface area contributed by atoms with E-state index in [1.54, 1.807) is 4.68 Å². The van der Waals surface area contributed by atoms with E-state index in [0.717, 1.165) is 37.1 Å². The van der Waals surface area contributed by atoms with Crippen molar-refractivity contribution >= 4 is 11.6 Å². The first kappa shape index (κ1) is 13.8. The molecule has 1 heterocycles. The second kappa shape index (κ2) is 5.19. The van der Waals surface area contributed by atoms with Crippen molar-refractivity contribution < 1.29 is 5.11 Å². The molecular weight excluding hydrogens is 250 g/mol. The molecule has 0 unspecified atom stereocenters. The molecule has 1 aromatic heterocycles. The Kier molecular flexibility index (Phi) is 3.99. The van der Waals surface area contributed by atoms with Gasteiger partial charge in [-0.2, -0.15) is 5.10 Å². The van der Waals surface area contributed by atoms with Crippen molar-refractivity contribution in [3.63, 3.8) is 0 Å². The number of halogens is 1. The molecule has 0 aromatic carbocycles. The molecule has 0 aliphatic heterocycles. The highest BCUT2D eigenvalue weighted by Crippen LogP contribution is 2.33. The van der Waals surface area contributed by atoms with E-state index < -0.39 is 5.60 Å². The number of aryl methyl sites for hydroxylation is 2. The van der Waals surface area contributed by atoms with Crippen LogP contribution in [-0.2, 0) is 13.5 Å². The zero-order chi connectivity index (χ0) is 13.3. The summed E-state index contributed by atoms with van der Waals surface area (Å²) in [5.41, 5.74) is 1.15. The molecule has 1 saturated carbocycles. The summed E-state index contributed by atoms with van der Waals surface area (Å²) in [5, 5.41) is 18.9. The second-order valence-corrected chi connectivity index (χ2v) is 5.81. The molecule has 1 aliphatic carbocycles. The number of nitrogens with one attached hydrogen (secondary N) is 1. The standard InChI is InChI=1S/C13H22ClN3O/c1-9-12(14)11(17(3)16-9)8-13(18)6-4-10(15-2)5-7-13/h10,15,18H,4-8H2,1-3H3. The van der Waals surface area contributed by atoms with Gasteiger partial charge in [-0.1, -0.05) is 11.6 Å². The van der Waals surface area contributed by atoms with Gasteiger partial charge in [0.1, 0.15) is 0 Å². The fourth-order valence-electron chi connectivity index (χ4n) is 2.80. The fourth-order valence-corrected chi connectivity index (χ4v) is 3.03. The van der Waals surface area contributed by atoms with Crippen molar-refractivity contribution in [1.29, 1.82) is 0 Å². The van der Waals surface area contributed by atoms with Gasteiger partial charge in [0, 0.05) is 19.5 Å². The van der Waals surface area contributed by atoms with E-state index in [1.807, 2.05) is 21.0 Å². The largest absolute Gasteiger partial charge is 0.389 e. The molecule has 1 aliphatic rings. The number of rotatable bonds is 3. The highest BCUT2D eigenvalue weighted by Gasteiger charge is 2.34. The minimum Gasteiger partial charge on any atom is -0.389 e. The molecule has 0 atom stereocenters. The lowest BCUT2D eigenvalue weighted by Crippen LogP contribution is -2.42. The van der Waals surface area contributed by atoms with Crippen LogP contribution in [0.5, 0.6) is 0 Å². The molecule has 0 radical (unpaired) electrons. The molecule has 4 nitrogen and oxygen atoms in total. The molecule has 5 heteroatoms. The van der Waals surface area contributed by atoms with Gasteiger partial charge in [0.25, 0.3) is 0 Å². The summed E-state index contributed by atoms with van der Waals surface area (Å²) in [6.45, 7) is 1.90. The number of aliphatic hydroxyl groups is 1. The third kappa shape index (κ3) is 2.71. The van der Waals surface area contributed by atoms with Crippen LogP contribution in [0, 0.1) is 6.92 Å². The van der Waals surface area contributed by atoms with Gasteiger partial charge in [0.2, 0.25) is 0 Å². The summed E-state index contributed by atoms with van der Waals surface area (Å²) in [6, 6.07) is 0.536. The van der Waals surface area contributed by atoms with E-state index in [-0.39, 0.29) is 0 Å². The summed E-state index contributed by atoms with van der Waals surface area (Å²) in [5.74, 6) is 0. The first-order chi connectivity index (χ1) is 8.45. The SMILES string of the molecule is CNC1CCC(O)(Cc2c(Cl)c(C)nn2C)CC1. The lowest BCUT2D eigenvalue weighted by atomic mass is 9.79. The average Bonchev–Trinajstić information content (AvgIpc) is 2.57. The third-order valence-corrected chi connectivity index (χ3v) is 4.57.